The minimum Gasteiger partial charge on any atom is -0.482 e. The molecule has 0 aliphatic carbocycles. The Bertz CT molecular complexity index is 599. The number of nitrogens with one attached hydrogen (secondary N) is 1. The van der Waals surface area contributed by atoms with Gasteiger partial charge in [0.25, 0.3) is 11.8 Å². The van der Waals surface area contributed by atoms with E-state index in [-0.39, 0.29) is 25.0 Å². The summed E-state index contributed by atoms with van der Waals surface area (Å²) in [7, 11) is 1.55. The van der Waals surface area contributed by atoms with E-state index >= 15 is 0 Å². The number of carboxylic acid groups (broad SMARTS) is 1. The Morgan fingerprint density at radius 2 is 2.19 bits per heavy atom. The molecule has 1 atom stereocenters. The highest BCUT2D eigenvalue weighted by Gasteiger charge is 2.21. The van der Waals surface area contributed by atoms with Gasteiger partial charge in [0, 0.05) is 19.2 Å². The summed E-state index contributed by atoms with van der Waals surface area (Å²) >= 11 is 0. The number of aliphatic carboxylic acids is 1. The highest BCUT2D eigenvalue weighted by atomic mass is 16.5. The molecule has 0 spiro atoms. The van der Waals surface area contributed by atoms with E-state index in [1.54, 1.807) is 25.2 Å². The van der Waals surface area contributed by atoms with Gasteiger partial charge in [-0.3, -0.25) is 14.4 Å². The summed E-state index contributed by atoms with van der Waals surface area (Å²) in [5, 5.41) is 11.5. The maximum absolute atomic E-state index is 12.2. The number of anilines is 1. The first-order valence-electron chi connectivity index (χ1n) is 6.43. The van der Waals surface area contributed by atoms with E-state index in [0.717, 1.165) is 0 Å². The lowest BCUT2D eigenvalue weighted by atomic mass is 10.1. The van der Waals surface area contributed by atoms with Crippen LogP contribution in [0.4, 0.5) is 5.69 Å². The number of fused-ring (bicyclic) bond motifs is 1. The maximum atomic E-state index is 12.2. The van der Waals surface area contributed by atoms with Crippen LogP contribution in [0.25, 0.3) is 0 Å². The summed E-state index contributed by atoms with van der Waals surface area (Å²) in [4.78, 5) is 35.6. The fourth-order valence-electron chi connectivity index (χ4n) is 2.00. The number of carbonyl (C=O) groups excluding carboxylic acids is 2. The van der Waals surface area contributed by atoms with Gasteiger partial charge in [0.05, 0.1) is 11.6 Å². The van der Waals surface area contributed by atoms with Gasteiger partial charge in [-0.1, -0.05) is 6.92 Å². The van der Waals surface area contributed by atoms with Crippen LogP contribution in [0.3, 0.4) is 0 Å². The summed E-state index contributed by atoms with van der Waals surface area (Å²) in [6.07, 6.45) is 0. The lowest BCUT2D eigenvalue weighted by Crippen LogP contribution is -2.34. The zero-order valence-corrected chi connectivity index (χ0v) is 11.8. The van der Waals surface area contributed by atoms with Gasteiger partial charge in [-0.15, -0.1) is 0 Å². The van der Waals surface area contributed by atoms with Gasteiger partial charge < -0.3 is 20.1 Å². The second-order valence-corrected chi connectivity index (χ2v) is 4.97. The summed E-state index contributed by atoms with van der Waals surface area (Å²) < 4.78 is 5.25. The molecule has 21 heavy (non-hydrogen) atoms. The molecule has 1 aliphatic heterocycles. The Labute approximate surface area is 121 Å². The highest BCUT2D eigenvalue weighted by Crippen LogP contribution is 2.28. The van der Waals surface area contributed by atoms with Gasteiger partial charge in [0.2, 0.25) is 0 Å². The molecule has 0 radical (unpaired) electrons. The van der Waals surface area contributed by atoms with E-state index in [1.807, 2.05) is 0 Å². The molecule has 1 heterocycles. The smallest absolute Gasteiger partial charge is 0.308 e. The number of amides is 2. The van der Waals surface area contributed by atoms with Crippen molar-refractivity contribution >= 4 is 23.5 Å². The van der Waals surface area contributed by atoms with Gasteiger partial charge in [0.1, 0.15) is 5.75 Å². The van der Waals surface area contributed by atoms with Crippen LogP contribution < -0.4 is 10.1 Å². The zero-order valence-electron chi connectivity index (χ0n) is 11.8. The predicted molar refractivity (Wildman–Crippen MR) is 74.3 cm³/mol. The van der Waals surface area contributed by atoms with Crippen molar-refractivity contribution in [1.82, 2.24) is 4.90 Å². The lowest BCUT2D eigenvalue weighted by molar-refractivity contribution is -0.141. The average molecular weight is 292 g/mol. The number of carbonyl (C=O) groups is 3. The number of carboxylic acids is 1. The van der Waals surface area contributed by atoms with Crippen LogP contribution in [0.2, 0.25) is 0 Å². The summed E-state index contributed by atoms with van der Waals surface area (Å²) in [5.41, 5.74) is 0.898. The topological polar surface area (TPSA) is 95.9 Å². The largest absolute Gasteiger partial charge is 0.482 e. The molecule has 7 nitrogen and oxygen atoms in total. The molecule has 1 aromatic carbocycles. The third-order valence-electron chi connectivity index (χ3n) is 3.18. The van der Waals surface area contributed by atoms with Crippen LogP contribution in [0.15, 0.2) is 18.2 Å². The maximum Gasteiger partial charge on any atom is 0.308 e. The Morgan fingerprint density at radius 1 is 1.48 bits per heavy atom. The van der Waals surface area contributed by atoms with Crippen molar-refractivity contribution in [3.05, 3.63) is 23.8 Å². The van der Waals surface area contributed by atoms with Gasteiger partial charge in [0.15, 0.2) is 6.61 Å². The molecular formula is C14H16N2O5. The minimum atomic E-state index is -0.953. The SMILES string of the molecule is CC(CN(C)C(=O)c1ccc2c(c1)OCC(=O)N2)C(=O)O. The van der Waals surface area contributed by atoms with Crippen LogP contribution in [-0.2, 0) is 9.59 Å². The highest BCUT2D eigenvalue weighted by molar-refractivity contribution is 5.99. The number of hydrogen-bond acceptors (Lipinski definition) is 4. The number of nitrogens with zero attached hydrogens (tertiary/aromatic N) is 1. The van der Waals surface area contributed by atoms with E-state index in [0.29, 0.717) is 17.0 Å². The molecular weight excluding hydrogens is 276 g/mol. The Kier molecular flexibility index (Phi) is 4.11. The van der Waals surface area contributed by atoms with Crippen LogP contribution in [0.5, 0.6) is 5.75 Å². The fraction of sp³-hybridized carbons (Fsp3) is 0.357. The fourth-order valence-corrected chi connectivity index (χ4v) is 2.00. The molecule has 1 unspecified atom stereocenters. The van der Waals surface area contributed by atoms with Crippen molar-refractivity contribution in [3.8, 4) is 5.75 Å². The molecule has 112 valence electrons. The molecule has 2 amide bonds. The normalized spacial score (nSPS) is 14.5. The molecule has 1 aliphatic rings. The predicted octanol–water partition coefficient (Wildman–Crippen LogP) is 0.810. The van der Waals surface area contributed by atoms with E-state index in [9.17, 15) is 14.4 Å². The third-order valence-corrected chi connectivity index (χ3v) is 3.18. The third kappa shape index (κ3) is 3.31. The van der Waals surface area contributed by atoms with Crippen molar-refractivity contribution in [1.29, 1.82) is 0 Å². The van der Waals surface area contributed by atoms with Crippen LogP contribution in [0, 0.1) is 5.92 Å². The van der Waals surface area contributed by atoms with E-state index < -0.39 is 11.9 Å². The summed E-state index contributed by atoms with van der Waals surface area (Å²) in [5.74, 6) is -1.71. The van der Waals surface area contributed by atoms with Gasteiger partial charge >= 0.3 is 5.97 Å². The van der Waals surface area contributed by atoms with E-state index in [4.69, 9.17) is 9.84 Å². The number of rotatable bonds is 4. The molecule has 2 N–H and O–H groups in total. The Hall–Kier alpha value is -2.57. The first kappa shape index (κ1) is 14.8. The van der Waals surface area contributed by atoms with Crippen molar-refractivity contribution in [2.75, 3.05) is 25.5 Å². The van der Waals surface area contributed by atoms with Crippen molar-refractivity contribution in [2.45, 2.75) is 6.92 Å². The second-order valence-electron chi connectivity index (χ2n) is 4.97. The Balaban J connectivity index is 2.13. The van der Waals surface area contributed by atoms with Crippen molar-refractivity contribution < 1.29 is 24.2 Å². The molecule has 0 saturated carbocycles. The molecule has 0 saturated heterocycles. The van der Waals surface area contributed by atoms with Crippen molar-refractivity contribution in [3.63, 3.8) is 0 Å². The monoisotopic (exact) mass is 292 g/mol. The molecule has 1 aromatic rings. The average Bonchev–Trinajstić information content (AvgIpc) is 2.45. The quantitative estimate of drug-likeness (QED) is 0.856. The van der Waals surface area contributed by atoms with E-state index in [1.165, 1.54) is 11.8 Å². The summed E-state index contributed by atoms with van der Waals surface area (Å²) in [6, 6.07) is 4.70. The second kappa shape index (κ2) is 5.82. The molecule has 0 bridgehead atoms. The number of benzene rings is 1. The minimum absolute atomic E-state index is 0.0868. The van der Waals surface area contributed by atoms with Gasteiger partial charge in [-0.05, 0) is 18.2 Å². The Morgan fingerprint density at radius 3 is 2.86 bits per heavy atom. The standard InChI is InChI=1S/C14H16N2O5/c1-8(14(19)20)6-16(2)13(18)9-3-4-10-11(5-9)21-7-12(17)15-10/h3-5,8H,6-7H2,1-2H3,(H,15,17)(H,19,20). The number of hydrogen-bond donors (Lipinski definition) is 2. The lowest BCUT2D eigenvalue weighted by Gasteiger charge is -2.22. The molecule has 7 heteroatoms. The zero-order chi connectivity index (χ0) is 15.6. The first-order valence-corrected chi connectivity index (χ1v) is 6.43. The van der Waals surface area contributed by atoms with Crippen LogP contribution in [-0.4, -0.2) is 48.0 Å². The first-order chi connectivity index (χ1) is 9.88. The van der Waals surface area contributed by atoms with Crippen LogP contribution in [0.1, 0.15) is 17.3 Å². The number of ether oxygens (including phenoxy) is 1. The van der Waals surface area contributed by atoms with Gasteiger partial charge in [-0.2, -0.15) is 0 Å². The van der Waals surface area contributed by atoms with Gasteiger partial charge in [-0.25, -0.2) is 0 Å². The molecule has 0 fully saturated rings. The molecule has 2 rings (SSSR count). The molecule has 0 aromatic heterocycles. The van der Waals surface area contributed by atoms with Crippen molar-refractivity contribution in [2.24, 2.45) is 5.92 Å². The van der Waals surface area contributed by atoms with E-state index in [2.05, 4.69) is 5.32 Å². The summed E-state index contributed by atoms with van der Waals surface area (Å²) in [6.45, 7) is 1.57. The van der Waals surface area contributed by atoms with Crippen LogP contribution >= 0.6 is 0 Å².